The molecule has 0 radical (unpaired) electrons. The summed E-state index contributed by atoms with van der Waals surface area (Å²) < 4.78 is 5.53. The minimum Gasteiger partial charge on any atom is -0.426 e. The highest BCUT2D eigenvalue weighted by Crippen LogP contribution is 2.08. The molecule has 0 unspecified atom stereocenters. The molecule has 0 fully saturated rings. The van der Waals surface area contributed by atoms with Gasteiger partial charge in [0.25, 0.3) is 5.96 Å². The highest BCUT2D eigenvalue weighted by atomic mass is 16.7. The molecule has 0 aromatic carbocycles. The SMILES string of the molecule is CCCCCCCCOCCC(=O)N[C@@H](CCCN=C(N)N[N+](=O)[O-])C(=O)N[C@@H](CC(C)C)B(O)O. The molecule has 0 aliphatic rings. The predicted octanol–water partition coefficient (Wildman–Crippen LogP) is 0.658. The van der Waals surface area contributed by atoms with Crippen molar-refractivity contribution in [1.29, 1.82) is 0 Å². The molecule has 0 aromatic rings. The van der Waals surface area contributed by atoms with Crippen molar-refractivity contribution in [2.75, 3.05) is 19.8 Å². The van der Waals surface area contributed by atoms with Crippen LogP contribution in [0, 0.1) is 16.0 Å². The molecule has 2 atom stereocenters. The van der Waals surface area contributed by atoms with Crippen LogP contribution in [0.3, 0.4) is 0 Å². The van der Waals surface area contributed by atoms with E-state index in [1.54, 1.807) is 5.43 Å². The second-order valence-corrected chi connectivity index (χ2v) is 9.19. The average molecular weight is 516 g/mol. The standard InChI is InChI=1S/C22H45BN6O7/c1-4-5-6-7-8-9-14-36-15-12-20(30)26-18(11-10-13-25-22(24)28-29(34)35)21(31)27-19(23(32)33)16-17(2)3/h17-19,32-33H,4-16H2,1-3H3,(H,26,30)(H,27,31)(H3,24,25,28)/t18-,19-/m0/s1. The zero-order valence-electron chi connectivity index (χ0n) is 21.9. The van der Waals surface area contributed by atoms with Gasteiger partial charge in [0.2, 0.25) is 11.8 Å². The van der Waals surface area contributed by atoms with Gasteiger partial charge in [0.05, 0.1) is 12.5 Å². The summed E-state index contributed by atoms with van der Waals surface area (Å²) >= 11 is 0. The molecule has 7 N–H and O–H groups in total. The van der Waals surface area contributed by atoms with Crippen LogP contribution in [-0.2, 0) is 14.3 Å². The normalized spacial score (nSPS) is 13.2. The van der Waals surface area contributed by atoms with E-state index in [-0.39, 0.29) is 43.8 Å². The van der Waals surface area contributed by atoms with Crippen LogP contribution in [0.15, 0.2) is 4.99 Å². The number of hydrogen-bond donors (Lipinski definition) is 6. The molecule has 0 aliphatic heterocycles. The lowest BCUT2D eigenvalue weighted by atomic mass is 9.75. The van der Waals surface area contributed by atoms with Gasteiger partial charge in [-0.2, -0.15) is 0 Å². The van der Waals surface area contributed by atoms with Gasteiger partial charge < -0.3 is 31.2 Å². The number of unbranched alkanes of at least 4 members (excludes halogenated alkanes) is 5. The number of nitrogens with two attached hydrogens (primary N) is 1. The van der Waals surface area contributed by atoms with E-state index in [9.17, 15) is 29.8 Å². The fraction of sp³-hybridized carbons (Fsp3) is 0.864. The first-order chi connectivity index (χ1) is 17.1. The molecular formula is C22H45BN6O7. The van der Waals surface area contributed by atoms with Gasteiger partial charge in [-0.05, 0) is 31.6 Å². The van der Waals surface area contributed by atoms with Gasteiger partial charge >= 0.3 is 7.12 Å². The molecule has 0 heterocycles. The Hall–Kier alpha value is -2.45. The molecule has 36 heavy (non-hydrogen) atoms. The monoisotopic (exact) mass is 516 g/mol. The highest BCUT2D eigenvalue weighted by Gasteiger charge is 2.29. The molecule has 0 spiro atoms. The topological polar surface area (TPSA) is 201 Å². The molecule has 13 nitrogen and oxygen atoms in total. The summed E-state index contributed by atoms with van der Waals surface area (Å²) in [5, 5.41) is 34.0. The fourth-order valence-electron chi connectivity index (χ4n) is 3.46. The van der Waals surface area contributed by atoms with Gasteiger partial charge in [0, 0.05) is 19.6 Å². The first-order valence-electron chi connectivity index (χ1n) is 12.8. The van der Waals surface area contributed by atoms with Gasteiger partial charge in [0.1, 0.15) is 6.04 Å². The van der Waals surface area contributed by atoms with Gasteiger partial charge in [-0.3, -0.25) is 9.59 Å². The Morgan fingerprint density at radius 2 is 1.75 bits per heavy atom. The number of ether oxygens (including phenoxy) is 1. The van der Waals surface area contributed by atoms with Crippen LogP contribution in [0.25, 0.3) is 0 Å². The van der Waals surface area contributed by atoms with Crippen molar-refractivity contribution in [3.05, 3.63) is 10.1 Å². The quantitative estimate of drug-likeness (QED) is 0.0316. The number of aliphatic imine (C=N–C) groups is 1. The molecule has 14 heteroatoms. The van der Waals surface area contributed by atoms with Gasteiger partial charge in [-0.25, -0.2) is 15.1 Å². The van der Waals surface area contributed by atoms with Crippen LogP contribution in [0.5, 0.6) is 0 Å². The lowest BCUT2D eigenvalue weighted by Crippen LogP contribution is -2.54. The Kier molecular flexibility index (Phi) is 19.3. The maximum Gasteiger partial charge on any atom is 0.475 e. The minimum absolute atomic E-state index is 0.0789. The largest absolute Gasteiger partial charge is 0.475 e. The van der Waals surface area contributed by atoms with Crippen molar-refractivity contribution in [2.45, 2.75) is 97.0 Å². The second kappa shape index (κ2) is 20.7. The van der Waals surface area contributed by atoms with E-state index < -0.39 is 30.0 Å². The van der Waals surface area contributed by atoms with Crippen LogP contribution in [0.2, 0.25) is 0 Å². The Labute approximate surface area is 214 Å². The van der Waals surface area contributed by atoms with Crippen LogP contribution in [-0.4, -0.2) is 71.7 Å². The molecule has 0 rings (SSSR count). The summed E-state index contributed by atoms with van der Waals surface area (Å²) in [5.41, 5.74) is 7.10. The molecule has 0 bridgehead atoms. The lowest BCUT2D eigenvalue weighted by Gasteiger charge is -2.24. The number of guanidine groups is 1. The van der Waals surface area contributed by atoms with E-state index in [0.717, 1.165) is 12.8 Å². The van der Waals surface area contributed by atoms with Crippen LogP contribution < -0.4 is 21.8 Å². The summed E-state index contributed by atoms with van der Waals surface area (Å²) in [6.07, 6.45) is 7.73. The zero-order chi connectivity index (χ0) is 27.3. The Morgan fingerprint density at radius 3 is 2.36 bits per heavy atom. The second-order valence-electron chi connectivity index (χ2n) is 9.19. The highest BCUT2D eigenvalue weighted by molar-refractivity contribution is 6.43. The van der Waals surface area contributed by atoms with Crippen molar-refractivity contribution in [1.82, 2.24) is 16.1 Å². The number of amides is 2. The van der Waals surface area contributed by atoms with E-state index in [2.05, 4.69) is 22.5 Å². The summed E-state index contributed by atoms with van der Waals surface area (Å²) in [6.45, 7) is 6.83. The van der Waals surface area contributed by atoms with E-state index >= 15 is 0 Å². The van der Waals surface area contributed by atoms with E-state index in [0.29, 0.717) is 19.4 Å². The summed E-state index contributed by atoms with van der Waals surface area (Å²) in [5.74, 6) is -2.10. The zero-order valence-corrected chi connectivity index (χ0v) is 21.9. The first-order valence-corrected chi connectivity index (χ1v) is 12.8. The van der Waals surface area contributed by atoms with E-state index in [4.69, 9.17) is 10.5 Å². The first kappa shape index (κ1) is 33.6. The third kappa shape index (κ3) is 18.8. The average Bonchev–Trinajstić information content (AvgIpc) is 2.78. The minimum atomic E-state index is -1.75. The van der Waals surface area contributed by atoms with Crippen molar-refractivity contribution in [3.63, 3.8) is 0 Å². The molecular weight excluding hydrogens is 471 g/mol. The van der Waals surface area contributed by atoms with Crippen molar-refractivity contribution in [2.24, 2.45) is 16.6 Å². The Balaban J connectivity index is 4.75. The number of nitro groups is 1. The van der Waals surface area contributed by atoms with E-state index in [1.807, 2.05) is 13.8 Å². The summed E-state index contributed by atoms with van der Waals surface area (Å²) in [4.78, 5) is 39.4. The van der Waals surface area contributed by atoms with Crippen LogP contribution >= 0.6 is 0 Å². The third-order valence-corrected chi connectivity index (χ3v) is 5.32. The van der Waals surface area contributed by atoms with Crippen LogP contribution in [0.4, 0.5) is 0 Å². The maximum atomic E-state index is 12.8. The predicted molar refractivity (Wildman–Crippen MR) is 138 cm³/mol. The van der Waals surface area contributed by atoms with Crippen molar-refractivity contribution in [3.8, 4) is 0 Å². The number of nitrogens with one attached hydrogen (secondary N) is 3. The molecule has 0 aliphatic carbocycles. The molecule has 0 saturated carbocycles. The molecule has 0 aromatic heterocycles. The molecule has 0 saturated heterocycles. The van der Waals surface area contributed by atoms with Crippen molar-refractivity contribution >= 4 is 24.9 Å². The lowest BCUT2D eigenvalue weighted by molar-refractivity contribution is -0.525. The number of hydrazine groups is 1. The van der Waals surface area contributed by atoms with Gasteiger partial charge in [0.15, 0.2) is 5.03 Å². The number of rotatable bonds is 21. The number of carbonyl (C=O) groups excluding carboxylic acids is 2. The van der Waals surface area contributed by atoms with Crippen LogP contribution in [0.1, 0.15) is 85.0 Å². The van der Waals surface area contributed by atoms with Crippen molar-refractivity contribution < 1.29 is 29.4 Å². The number of carbonyl (C=O) groups is 2. The Morgan fingerprint density at radius 1 is 1.08 bits per heavy atom. The maximum absolute atomic E-state index is 12.8. The van der Waals surface area contributed by atoms with E-state index in [1.165, 1.54) is 25.7 Å². The third-order valence-electron chi connectivity index (χ3n) is 5.32. The molecule has 2 amide bonds. The fourth-order valence-corrected chi connectivity index (χ4v) is 3.46. The molecule has 208 valence electrons. The summed E-state index contributed by atoms with van der Waals surface area (Å²) in [6, 6.07) is -0.954. The van der Waals surface area contributed by atoms with Gasteiger partial charge in [-0.1, -0.05) is 58.3 Å². The Bertz CT molecular complexity index is 667. The number of nitrogens with zero attached hydrogens (tertiary/aromatic N) is 2. The number of hydrogen-bond acceptors (Lipinski definition) is 8. The summed E-state index contributed by atoms with van der Waals surface area (Å²) in [7, 11) is -1.75. The smallest absolute Gasteiger partial charge is 0.426 e. The van der Waals surface area contributed by atoms with Gasteiger partial charge in [-0.15, -0.1) is 0 Å².